The Balaban J connectivity index is 1.77. The van der Waals surface area contributed by atoms with Crippen molar-refractivity contribution in [3.8, 4) is 0 Å². The van der Waals surface area contributed by atoms with Crippen molar-refractivity contribution in [3.63, 3.8) is 0 Å². The molecule has 3 aromatic rings. The number of benzene rings is 1. The van der Waals surface area contributed by atoms with Gasteiger partial charge in [0.15, 0.2) is 5.69 Å². The van der Waals surface area contributed by atoms with Crippen LogP contribution in [0.4, 0.5) is 5.69 Å². The quantitative estimate of drug-likeness (QED) is 0.448. The van der Waals surface area contributed by atoms with Gasteiger partial charge < -0.3 is 28.7 Å². The highest BCUT2D eigenvalue weighted by Crippen LogP contribution is 2.44. The van der Waals surface area contributed by atoms with Crippen molar-refractivity contribution >= 4 is 46.3 Å². The number of nitrogens with one attached hydrogen (secondary N) is 1. The van der Waals surface area contributed by atoms with Crippen LogP contribution in [0.2, 0.25) is 10.0 Å². The maximum Gasteiger partial charge on any atom is 0.279 e. The summed E-state index contributed by atoms with van der Waals surface area (Å²) in [5, 5.41) is 3.61. The molecule has 3 atom stereocenters. The van der Waals surface area contributed by atoms with E-state index in [-0.39, 0.29) is 28.2 Å². The van der Waals surface area contributed by atoms with Gasteiger partial charge >= 0.3 is 0 Å². The Morgan fingerprint density at radius 2 is 1.85 bits per heavy atom. The molecule has 40 heavy (non-hydrogen) atoms. The van der Waals surface area contributed by atoms with Crippen LogP contribution in [0.3, 0.4) is 0 Å². The highest BCUT2D eigenvalue weighted by atomic mass is 35.5. The van der Waals surface area contributed by atoms with Gasteiger partial charge in [-0.05, 0) is 30.7 Å². The van der Waals surface area contributed by atoms with E-state index in [1.54, 1.807) is 43.6 Å². The predicted octanol–water partition coefficient (Wildman–Crippen LogP) is 3.76. The van der Waals surface area contributed by atoms with Gasteiger partial charge in [0.25, 0.3) is 11.5 Å². The van der Waals surface area contributed by atoms with Crippen LogP contribution in [0.25, 0.3) is 5.57 Å². The Bertz CT molecular complexity index is 1550. The Kier molecular flexibility index (Phi) is 7.74. The first kappa shape index (κ1) is 27.9. The number of aliphatic imine (C=N–C) groups is 1. The summed E-state index contributed by atoms with van der Waals surface area (Å²) in [7, 11) is 6.23. The number of hydrogen-bond donors (Lipinski definition) is 1. The van der Waals surface area contributed by atoms with Crippen LogP contribution >= 0.6 is 23.2 Å². The molecular formula is C27H28Cl2N6O5. The SMILES string of the molecule is COCC(C)n1c(C2=CNC(OC)N=C2OC)nc2c1C(c1ccc(Cl)cc1)N(c1cc(Cl)c(=O)n(C)c1)C2=O. The van der Waals surface area contributed by atoms with Crippen LogP contribution in [-0.4, -0.2) is 60.2 Å². The van der Waals surface area contributed by atoms with Gasteiger partial charge in [-0.2, -0.15) is 4.99 Å². The van der Waals surface area contributed by atoms with E-state index in [1.165, 1.54) is 24.9 Å². The molecule has 2 aliphatic heterocycles. The largest absolute Gasteiger partial charge is 0.481 e. The maximum atomic E-state index is 14.2. The number of methoxy groups -OCH3 is 3. The van der Waals surface area contributed by atoms with Crippen molar-refractivity contribution in [2.45, 2.75) is 25.4 Å². The van der Waals surface area contributed by atoms with Crippen LogP contribution in [0.5, 0.6) is 0 Å². The van der Waals surface area contributed by atoms with E-state index in [2.05, 4.69) is 10.3 Å². The third kappa shape index (κ3) is 4.68. The Hall–Kier alpha value is -3.64. The molecule has 210 valence electrons. The molecule has 1 amide bonds. The minimum absolute atomic E-state index is 0.00408. The number of anilines is 1. The summed E-state index contributed by atoms with van der Waals surface area (Å²) in [6, 6.07) is 7.86. The molecule has 1 N–H and O–H groups in total. The number of fused-ring (bicyclic) bond motifs is 1. The lowest BCUT2D eigenvalue weighted by Crippen LogP contribution is -2.34. The minimum atomic E-state index is -0.626. The molecule has 0 fully saturated rings. The fraction of sp³-hybridized carbons (Fsp3) is 0.333. The van der Waals surface area contributed by atoms with Crippen molar-refractivity contribution in [2.75, 3.05) is 32.8 Å². The lowest BCUT2D eigenvalue weighted by Gasteiger charge is -2.30. The molecule has 0 radical (unpaired) electrons. The van der Waals surface area contributed by atoms with E-state index >= 15 is 0 Å². The van der Waals surface area contributed by atoms with E-state index in [4.69, 9.17) is 42.4 Å². The number of imidazole rings is 1. The molecule has 4 heterocycles. The number of carbonyl (C=O) groups excluding carboxylic acids is 1. The highest BCUT2D eigenvalue weighted by Gasteiger charge is 2.46. The van der Waals surface area contributed by atoms with Gasteiger partial charge in [0, 0.05) is 38.7 Å². The Labute approximate surface area is 240 Å². The molecule has 0 saturated heterocycles. The normalized spacial score (nSPS) is 19.2. The van der Waals surface area contributed by atoms with E-state index in [0.717, 1.165) is 5.56 Å². The number of ether oxygens (including phenoxy) is 3. The summed E-state index contributed by atoms with van der Waals surface area (Å²) in [4.78, 5) is 37.4. The van der Waals surface area contributed by atoms with Gasteiger partial charge in [0.05, 0.1) is 36.7 Å². The standard InChI is InChI=1S/C27H28Cl2N6O5/c1-14(13-38-3)34-22-20(31-23(34)18-11-30-27(40-5)32-24(18)39-4)26(37)35(17-10-19(29)25(36)33(2)12-17)21(22)15-6-8-16(28)9-7-15/h6-12,14,21,27,30H,13H2,1-5H3. The molecule has 2 aliphatic rings. The summed E-state index contributed by atoms with van der Waals surface area (Å²) in [6.07, 6.45) is 2.66. The van der Waals surface area contributed by atoms with E-state index in [9.17, 15) is 9.59 Å². The molecule has 0 bridgehead atoms. The van der Waals surface area contributed by atoms with Crippen LogP contribution < -0.4 is 15.8 Å². The zero-order valence-corrected chi connectivity index (χ0v) is 24.0. The van der Waals surface area contributed by atoms with Crippen LogP contribution in [0.15, 0.2) is 52.5 Å². The predicted molar refractivity (Wildman–Crippen MR) is 152 cm³/mol. The Morgan fingerprint density at radius 3 is 2.48 bits per heavy atom. The second kappa shape index (κ2) is 11.1. The van der Waals surface area contributed by atoms with Crippen molar-refractivity contribution in [1.29, 1.82) is 0 Å². The number of carbonyl (C=O) groups is 1. The molecule has 3 unspecified atom stereocenters. The first-order chi connectivity index (χ1) is 19.2. The monoisotopic (exact) mass is 586 g/mol. The average Bonchev–Trinajstić information content (AvgIpc) is 3.46. The third-order valence-corrected chi connectivity index (χ3v) is 7.34. The molecule has 0 spiro atoms. The first-order valence-corrected chi connectivity index (χ1v) is 13.1. The van der Waals surface area contributed by atoms with Crippen molar-refractivity contribution in [3.05, 3.63) is 85.9 Å². The van der Waals surface area contributed by atoms with Gasteiger partial charge in [-0.25, -0.2) is 4.98 Å². The number of halogens is 2. The number of aryl methyl sites for hydroxylation is 1. The molecular weight excluding hydrogens is 559 g/mol. The maximum absolute atomic E-state index is 14.2. The number of amides is 1. The average molecular weight is 587 g/mol. The third-order valence-electron chi connectivity index (χ3n) is 6.82. The lowest BCUT2D eigenvalue weighted by molar-refractivity contribution is 0.0902. The van der Waals surface area contributed by atoms with Crippen LogP contribution in [-0.2, 0) is 21.3 Å². The fourth-order valence-electron chi connectivity index (χ4n) is 5.05. The molecule has 11 nitrogen and oxygen atoms in total. The van der Waals surface area contributed by atoms with E-state index < -0.39 is 12.4 Å². The first-order valence-electron chi connectivity index (χ1n) is 12.4. The van der Waals surface area contributed by atoms with Crippen molar-refractivity contribution < 1.29 is 19.0 Å². The minimum Gasteiger partial charge on any atom is -0.481 e. The molecule has 2 aromatic heterocycles. The zero-order valence-electron chi connectivity index (χ0n) is 22.5. The number of aromatic nitrogens is 3. The summed E-state index contributed by atoms with van der Waals surface area (Å²) in [5.41, 5.74) is 2.30. The number of rotatable bonds is 7. The summed E-state index contributed by atoms with van der Waals surface area (Å²) < 4.78 is 19.7. The van der Waals surface area contributed by atoms with Crippen LogP contribution in [0.1, 0.15) is 46.6 Å². The van der Waals surface area contributed by atoms with Gasteiger partial charge in [0.2, 0.25) is 12.2 Å². The molecule has 5 rings (SSSR count). The van der Waals surface area contributed by atoms with Gasteiger partial charge in [-0.3, -0.25) is 14.5 Å². The number of nitrogens with zero attached hydrogens (tertiary/aromatic N) is 5. The van der Waals surface area contributed by atoms with Gasteiger partial charge in [0.1, 0.15) is 16.9 Å². The molecule has 13 heteroatoms. The van der Waals surface area contributed by atoms with Crippen molar-refractivity contribution in [1.82, 2.24) is 19.4 Å². The number of pyridine rings is 1. The second-order valence-corrected chi connectivity index (χ2v) is 10.2. The second-order valence-electron chi connectivity index (χ2n) is 9.39. The molecule has 0 aliphatic carbocycles. The van der Waals surface area contributed by atoms with Crippen LogP contribution in [0, 0.1) is 0 Å². The zero-order chi connectivity index (χ0) is 28.7. The molecule has 0 saturated carbocycles. The summed E-state index contributed by atoms with van der Waals surface area (Å²) >= 11 is 12.5. The van der Waals surface area contributed by atoms with Crippen molar-refractivity contribution in [2.24, 2.45) is 12.0 Å². The van der Waals surface area contributed by atoms with E-state index in [1.807, 2.05) is 23.6 Å². The highest BCUT2D eigenvalue weighted by molar-refractivity contribution is 6.31. The fourth-order valence-corrected chi connectivity index (χ4v) is 5.42. The Morgan fingerprint density at radius 1 is 1.12 bits per heavy atom. The lowest BCUT2D eigenvalue weighted by atomic mass is 10.0. The van der Waals surface area contributed by atoms with E-state index in [0.29, 0.717) is 40.3 Å². The summed E-state index contributed by atoms with van der Waals surface area (Å²) in [6.45, 7) is 2.31. The topological polar surface area (TPSA) is 112 Å². The van der Waals surface area contributed by atoms with Gasteiger partial charge in [-0.1, -0.05) is 35.3 Å². The smallest absolute Gasteiger partial charge is 0.279 e. The summed E-state index contributed by atoms with van der Waals surface area (Å²) in [5.74, 6) is 0.421. The molecule has 1 aromatic carbocycles. The van der Waals surface area contributed by atoms with Gasteiger partial charge in [-0.15, -0.1) is 0 Å². The number of hydrogen-bond acceptors (Lipinski definition) is 8.